The number of nitrogens with one attached hydrogen (secondary N) is 3. The molecule has 2 aromatic rings. The van der Waals surface area contributed by atoms with Crippen LogP contribution < -0.4 is 16.0 Å². The molecule has 0 radical (unpaired) electrons. The Bertz CT molecular complexity index is 636. The Hall–Kier alpha value is -2.41. The summed E-state index contributed by atoms with van der Waals surface area (Å²) < 4.78 is 5.28. The second kappa shape index (κ2) is 7.73. The molecule has 1 atom stereocenters. The van der Waals surface area contributed by atoms with Crippen LogP contribution in [0, 0.1) is 0 Å². The van der Waals surface area contributed by atoms with E-state index < -0.39 is 0 Å². The largest absolute Gasteiger partial charge is 0.336 e. The van der Waals surface area contributed by atoms with E-state index in [0.29, 0.717) is 23.8 Å². The molecular formula is C16H23N5O2. The van der Waals surface area contributed by atoms with Gasteiger partial charge in [-0.1, -0.05) is 5.16 Å². The summed E-state index contributed by atoms with van der Waals surface area (Å²) in [5.41, 5.74) is 1.52. The van der Waals surface area contributed by atoms with E-state index in [4.69, 9.17) is 4.52 Å². The number of carbonyl (C=O) groups excluding carboxylic acids is 1. The highest BCUT2D eigenvalue weighted by atomic mass is 16.5. The van der Waals surface area contributed by atoms with Gasteiger partial charge in [0.1, 0.15) is 0 Å². The predicted molar refractivity (Wildman–Crippen MR) is 89.3 cm³/mol. The average molecular weight is 317 g/mol. The maximum Gasteiger partial charge on any atom is 0.319 e. The van der Waals surface area contributed by atoms with E-state index >= 15 is 0 Å². The molecule has 7 nitrogen and oxygen atoms in total. The zero-order valence-electron chi connectivity index (χ0n) is 13.9. The normalized spacial score (nSPS) is 12.2. The maximum atomic E-state index is 11.6. The van der Waals surface area contributed by atoms with Crippen LogP contribution in [0.4, 0.5) is 10.5 Å². The predicted octanol–water partition coefficient (Wildman–Crippen LogP) is 2.42. The number of amides is 2. The van der Waals surface area contributed by atoms with Crippen LogP contribution in [0.25, 0.3) is 11.5 Å². The highest BCUT2D eigenvalue weighted by molar-refractivity contribution is 5.89. The minimum atomic E-state index is -0.228. The summed E-state index contributed by atoms with van der Waals surface area (Å²) in [6.45, 7) is 5.87. The Labute approximate surface area is 135 Å². The second-order valence-corrected chi connectivity index (χ2v) is 5.74. The van der Waals surface area contributed by atoms with Gasteiger partial charge in [-0.05, 0) is 52.1 Å². The van der Waals surface area contributed by atoms with Crippen LogP contribution in [-0.4, -0.2) is 35.3 Å². The zero-order valence-corrected chi connectivity index (χ0v) is 13.9. The molecule has 0 saturated heterocycles. The molecule has 1 aromatic carbocycles. The van der Waals surface area contributed by atoms with Crippen molar-refractivity contribution in [2.75, 3.05) is 12.4 Å². The Kier molecular flexibility index (Phi) is 5.70. The molecule has 1 aromatic heterocycles. The van der Waals surface area contributed by atoms with E-state index in [1.807, 2.05) is 33.0 Å². The van der Waals surface area contributed by atoms with E-state index in [-0.39, 0.29) is 18.1 Å². The minimum absolute atomic E-state index is 0.0890. The van der Waals surface area contributed by atoms with Crippen molar-refractivity contribution in [3.63, 3.8) is 0 Å². The van der Waals surface area contributed by atoms with Crippen LogP contribution in [0.2, 0.25) is 0 Å². The van der Waals surface area contributed by atoms with E-state index in [1.165, 1.54) is 0 Å². The third-order valence-electron chi connectivity index (χ3n) is 3.26. The molecule has 0 aliphatic carbocycles. The van der Waals surface area contributed by atoms with Crippen molar-refractivity contribution in [1.82, 2.24) is 20.8 Å². The number of anilines is 1. The number of carbonyl (C=O) groups is 1. The number of rotatable bonds is 6. The quantitative estimate of drug-likeness (QED) is 0.761. The number of benzene rings is 1. The van der Waals surface area contributed by atoms with Crippen molar-refractivity contribution in [2.45, 2.75) is 39.3 Å². The summed E-state index contributed by atoms with van der Waals surface area (Å²) in [6.07, 6.45) is 0.703. The maximum absolute atomic E-state index is 11.6. The molecule has 0 aliphatic heterocycles. The molecule has 7 heteroatoms. The number of hydrogen-bond donors (Lipinski definition) is 3. The molecular weight excluding hydrogens is 294 g/mol. The first-order valence-corrected chi connectivity index (χ1v) is 7.65. The molecule has 124 valence electrons. The first-order valence-electron chi connectivity index (χ1n) is 7.65. The van der Waals surface area contributed by atoms with Gasteiger partial charge in [0, 0.05) is 29.8 Å². The van der Waals surface area contributed by atoms with Crippen molar-refractivity contribution >= 4 is 11.7 Å². The lowest BCUT2D eigenvalue weighted by molar-refractivity contribution is 0.250. The Morgan fingerprint density at radius 3 is 2.52 bits per heavy atom. The van der Waals surface area contributed by atoms with Crippen molar-refractivity contribution < 1.29 is 9.32 Å². The number of urea groups is 1. The Balaban J connectivity index is 2.00. The summed E-state index contributed by atoms with van der Waals surface area (Å²) in [5, 5.41) is 12.6. The van der Waals surface area contributed by atoms with Crippen LogP contribution in [0.1, 0.15) is 26.6 Å². The molecule has 23 heavy (non-hydrogen) atoms. The molecule has 1 heterocycles. The molecule has 0 bridgehead atoms. The van der Waals surface area contributed by atoms with Crippen LogP contribution in [0.5, 0.6) is 0 Å². The lowest BCUT2D eigenvalue weighted by Crippen LogP contribution is -2.34. The molecule has 0 spiro atoms. The molecule has 0 aliphatic rings. The fourth-order valence-electron chi connectivity index (χ4n) is 1.96. The first kappa shape index (κ1) is 17.0. The lowest BCUT2D eigenvalue weighted by Gasteiger charge is -2.10. The van der Waals surface area contributed by atoms with Crippen molar-refractivity contribution in [3.8, 4) is 11.5 Å². The number of hydrogen-bond acceptors (Lipinski definition) is 5. The summed E-state index contributed by atoms with van der Waals surface area (Å²) in [6, 6.07) is 7.42. The van der Waals surface area contributed by atoms with Gasteiger partial charge in [0.15, 0.2) is 5.82 Å². The van der Waals surface area contributed by atoms with E-state index in [2.05, 4.69) is 33.0 Å². The number of aromatic nitrogens is 2. The van der Waals surface area contributed by atoms with E-state index in [0.717, 1.165) is 5.56 Å². The molecule has 2 amide bonds. The second-order valence-electron chi connectivity index (χ2n) is 5.74. The van der Waals surface area contributed by atoms with Gasteiger partial charge in [0.2, 0.25) is 0 Å². The van der Waals surface area contributed by atoms with Crippen molar-refractivity contribution in [1.29, 1.82) is 0 Å². The summed E-state index contributed by atoms with van der Waals surface area (Å²) in [7, 11) is 1.90. The highest BCUT2D eigenvalue weighted by Gasteiger charge is 2.11. The number of nitrogens with zero attached hydrogens (tertiary/aromatic N) is 2. The lowest BCUT2D eigenvalue weighted by atomic mass is 10.2. The molecule has 2 rings (SSSR count). The van der Waals surface area contributed by atoms with Crippen molar-refractivity contribution in [2.24, 2.45) is 0 Å². The fourth-order valence-corrected chi connectivity index (χ4v) is 1.96. The highest BCUT2D eigenvalue weighted by Crippen LogP contribution is 2.20. The van der Waals surface area contributed by atoms with E-state index in [9.17, 15) is 4.79 Å². The fraction of sp³-hybridized carbons (Fsp3) is 0.438. The van der Waals surface area contributed by atoms with Gasteiger partial charge < -0.3 is 20.5 Å². The smallest absolute Gasteiger partial charge is 0.319 e. The van der Waals surface area contributed by atoms with Gasteiger partial charge in [-0.25, -0.2) is 4.79 Å². The monoisotopic (exact) mass is 317 g/mol. The van der Waals surface area contributed by atoms with Crippen LogP contribution in [0.15, 0.2) is 28.8 Å². The third kappa shape index (κ3) is 5.07. The van der Waals surface area contributed by atoms with Gasteiger partial charge in [-0.3, -0.25) is 0 Å². The standard InChI is InChI=1S/C16H23N5O2/c1-10(2)18-16(22)19-13-7-5-12(6-8-13)15-20-14(21-23-15)9-11(3)17-4/h5-8,10-11,17H,9H2,1-4H3,(H2,18,19,22). The summed E-state index contributed by atoms with van der Waals surface area (Å²) in [4.78, 5) is 16.0. The SMILES string of the molecule is CNC(C)Cc1noc(-c2ccc(NC(=O)NC(C)C)cc2)n1. The van der Waals surface area contributed by atoms with Gasteiger partial charge in [-0.15, -0.1) is 0 Å². The van der Waals surface area contributed by atoms with Gasteiger partial charge in [0.25, 0.3) is 5.89 Å². The first-order chi connectivity index (χ1) is 11.0. The molecule has 0 fully saturated rings. The molecule has 3 N–H and O–H groups in total. The number of likely N-dealkylation sites (N-methyl/N-ethyl adjacent to an activating group) is 1. The third-order valence-corrected chi connectivity index (χ3v) is 3.26. The van der Waals surface area contributed by atoms with Crippen molar-refractivity contribution in [3.05, 3.63) is 30.1 Å². The van der Waals surface area contributed by atoms with Crippen LogP contribution in [-0.2, 0) is 6.42 Å². The van der Waals surface area contributed by atoms with Crippen LogP contribution in [0.3, 0.4) is 0 Å². The van der Waals surface area contributed by atoms with Gasteiger partial charge in [-0.2, -0.15) is 4.98 Å². The van der Waals surface area contributed by atoms with Gasteiger partial charge in [0.05, 0.1) is 0 Å². The molecule has 1 unspecified atom stereocenters. The minimum Gasteiger partial charge on any atom is -0.336 e. The van der Waals surface area contributed by atoms with Gasteiger partial charge >= 0.3 is 6.03 Å². The molecule has 0 saturated carbocycles. The topological polar surface area (TPSA) is 92.1 Å². The van der Waals surface area contributed by atoms with E-state index in [1.54, 1.807) is 12.1 Å². The average Bonchev–Trinajstić information content (AvgIpc) is 2.95. The summed E-state index contributed by atoms with van der Waals surface area (Å²) >= 11 is 0. The Morgan fingerprint density at radius 1 is 1.22 bits per heavy atom. The van der Waals surface area contributed by atoms with Crippen LogP contribution >= 0.6 is 0 Å². The zero-order chi connectivity index (χ0) is 16.8. The Morgan fingerprint density at radius 2 is 1.91 bits per heavy atom. The summed E-state index contributed by atoms with van der Waals surface area (Å²) in [5.74, 6) is 1.14.